The van der Waals surface area contributed by atoms with E-state index >= 15 is 0 Å². The van der Waals surface area contributed by atoms with Crippen molar-refractivity contribution in [1.29, 1.82) is 0 Å². The standard InChI is InChI=1S/C12H15ClN2O2S/c1-18-12(5-6-12)8-14-7-9-10(13)3-2-4-11(9)15(16)17/h2-4,14H,5-8H2,1H3. The van der Waals surface area contributed by atoms with Crippen LogP contribution in [-0.2, 0) is 6.54 Å². The molecule has 4 nitrogen and oxygen atoms in total. The van der Waals surface area contributed by atoms with E-state index in [-0.39, 0.29) is 10.6 Å². The van der Waals surface area contributed by atoms with Crippen LogP contribution in [-0.4, -0.2) is 22.5 Å². The van der Waals surface area contributed by atoms with Crippen LogP contribution in [0.3, 0.4) is 0 Å². The van der Waals surface area contributed by atoms with Crippen molar-refractivity contribution in [3.05, 3.63) is 38.9 Å². The molecule has 0 atom stereocenters. The maximum atomic E-state index is 10.9. The van der Waals surface area contributed by atoms with Gasteiger partial charge in [0.1, 0.15) is 0 Å². The van der Waals surface area contributed by atoms with E-state index in [0.717, 1.165) is 6.54 Å². The summed E-state index contributed by atoms with van der Waals surface area (Å²) < 4.78 is 0.343. The highest BCUT2D eigenvalue weighted by Crippen LogP contribution is 2.46. The van der Waals surface area contributed by atoms with E-state index in [1.807, 2.05) is 11.8 Å². The van der Waals surface area contributed by atoms with Gasteiger partial charge in [-0.2, -0.15) is 11.8 Å². The zero-order valence-corrected chi connectivity index (χ0v) is 11.7. The first-order chi connectivity index (χ1) is 8.58. The molecule has 1 fully saturated rings. The van der Waals surface area contributed by atoms with Crippen LogP contribution in [0.1, 0.15) is 18.4 Å². The van der Waals surface area contributed by atoms with Gasteiger partial charge in [0.15, 0.2) is 0 Å². The number of halogens is 1. The Morgan fingerprint density at radius 2 is 2.28 bits per heavy atom. The number of thioether (sulfide) groups is 1. The van der Waals surface area contributed by atoms with Crippen LogP contribution in [0.25, 0.3) is 0 Å². The lowest BCUT2D eigenvalue weighted by Crippen LogP contribution is -2.25. The summed E-state index contributed by atoms with van der Waals surface area (Å²) in [6, 6.07) is 4.78. The lowest BCUT2D eigenvalue weighted by Gasteiger charge is -2.13. The SMILES string of the molecule is CSC1(CNCc2c(Cl)cccc2[N+](=O)[O-])CC1. The van der Waals surface area contributed by atoms with Gasteiger partial charge in [-0.1, -0.05) is 17.7 Å². The number of nitrogens with one attached hydrogen (secondary N) is 1. The highest BCUT2D eigenvalue weighted by atomic mass is 35.5. The Labute approximate surface area is 115 Å². The van der Waals surface area contributed by atoms with Crippen LogP contribution in [0.5, 0.6) is 0 Å². The summed E-state index contributed by atoms with van der Waals surface area (Å²) in [7, 11) is 0. The summed E-state index contributed by atoms with van der Waals surface area (Å²) in [5.41, 5.74) is 0.657. The Bertz CT molecular complexity index is 463. The lowest BCUT2D eigenvalue weighted by molar-refractivity contribution is -0.385. The molecule has 1 saturated carbocycles. The summed E-state index contributed by atoms with van der Waals surface area (Å²) in [6.45, 7) is 1.31. The second-order valence-corrected chi connectivity index (χ2v) is 6.17. The van der Waals surface area contributed by atoms with Gasteiger partial charge >= 0.3 is 0 Å². The number of hydrogen-bond acceptors (Lipinski definition) is 4. The van der Waals surface area contributed by atoms with Gasteiger partial charge in [-0.05, 0) is 25.2 Å². The maximum absolute atomic E-state index is 10.9. The molecule has 1 N–H and O–H groups in total. The van der Waals surface area contributed by atoms with Crippen LogP contribution in [0, 0.1) is 10.1 Å². The molecule has 0 aromatic heterocycles. The molecule has 2 rings (SSSR count). The monoisotopic (exact) mass is 286 g/mol. The molecule has 18 heavy (non-hydrogen) atoms. The van der Waals surface area contributed by atoms with Crippen molar-refractivity contribution in [3.63, 3.8) is 0 Å². The molecule has 1 aliphatic rings. The lowest BCUT2D eigenvalue weighted by atomic mass is 10.1. The van der Waals surface area contributed by atoms with E-state index in [2.05, 4.69) is 11.6 Å². The molecule has 6 heteroatoms. The highest BCUT2D eigenvalue weighted by molar-refractivity contribution is 8.00. The Morgan fingerprint density at radius 1 is 1.56 bits per heavy atom. The van der Waals surface area contributed by atoms with Crippen LogP contribution in [0.15, 0.2) is 18.2 Å². The van der Waals surface area contributed by atoms with Gasteiger partial charge in [0.2, 0.25) is 0 Å². The summed E-state index contributed by atoms with van der Waals surface area (Å²) in [4.78, 5) is 10.5. The van der Waals surface area contributed by atoms with Crippen LogP contribution in [0.2, 0.25) is 5.02 Å². The third kappa shape index (κ3) is 2.96. The molecule has 0 amide bonds. The number of rotatable bonds is 6. The number of nitrogens with zero attached hydrogens (tertiary/aromatic N) is 1. The first-order valence-corrected chi connectivity index (χ1v) is 7.36. The third-order valence-corrected chi connectivity index (χ3v) is 5.05. The zero-order valence-electron chi connectivity index (χ0n) is 10.1. The third-order valence-electron chi connectivity index (χ3n) is 3.28. The smallest absolute Gasteiger partial charge is 0.275 e. The zero-order chi connectivity index (χ0) is 13.2. The predicted octanol–water partition coefficient (Wildman–Crippen LogP) is 3.23. The predicted molar refractivity (Wildman–Crippen MR) is 75.3 cm³/mol. The Hall–Kier alpha value is -0.780. The minimum absolute atomic E-state index is 0.0870. The summed E-state index contributed by atoms with van der Waals surface area (Å²) in [5.74, 6) is 0. The number of hydrogen-bond donors (Lipinski definition) is 1. The molecular formula is C12H15ClN2O2S. The van der Waals surface area contributed by atoms with Gasteiger partial charge in [-0.15, -0.1) is 0 Å². The fourth-order valence-electron chi connectivity index (χ4n) is 1.90. The molecule has 0 heterocycles. The van der Waals surface area contributed by atoms with E-state index in [0.29, 0.717) is 21.9 Å². The van der Waals surface area contributed by atoms with Gasteiger partial charge < -0.3 is 5.32 Å². The minimum Gasteiger partial charge on any atom is -0.311 e. The summed E-state index contributed by atoms with van der Waals surface area (Å²) in [5, 5.41) is 14.6. The van der Waals surface area contributed by atoms with Crippen molar-refractivity contribution in [3.8, 4) is 0 Å². The summed E-state index contributed by atoms with van der Waals surface area (Å²) in [6.07, 6.45) is 4.53. The molecule has 0 saturated heterocycles. The van der Waals surface area contributed by atoms with E-state index in [4.69, 9.17) is 11.6 Å². The van der Waals surface area contributed by atoms with Crippen molar-refractivity contribution in [2.75, 3.05) is 12.8 Å². The topological polar surface area (TPSA) is 55.2 Å². The van der Waals surface area contributed by atoms with Crippen molar-refractivity contribution in [1.82, 2.24) is 5.32 Å². The van der Waals surface area contributed by atoms with Gasteiger partial charge in [0.25, 0.3) is 5.69 Å². The fraction of sp³-hybridized carbons (Fsp3) is 0.500. The maximum Gasteiger partial charge on any atom is 0.275 e. The Kier molecular flexibility index (Phi) is 4.14. The first kappa shape index (κ1) is 13.6. The second-order valence-electron chi connectivity index (χ2n) is 4.49. The molecule has 0 spiro atoms. The normalized spacial score (nSPS) is 16.6. The van der Waals surface area contributed by atoms with Crippen LogP contribution < -0.4 is 5.32 Å². The first-order valence-electron chi connectivity index (χ1n) is 5.76. The van der Waals surface area contributed by atoms with Crippen molar-refractivity contribution < 1.29 is 4.92 Å². The van der Waals surface area contributed by atoms with Crippen molar-refractivity contribution >= 4 is 29.1 Å². The Morgan fingerprint density at radius 3 is 2.83 bits per heavy atom. The largest absolute Gasteiger partial charge is 0.311 e. The number of benzene rings is 1. The second kappa shape index (κ2) is 5.47. The minimum atomic E-state index is -0.385. The van der Waals surface area contributed by atoms with Gasteiger partial charge in [-0.25, -0.2) is 0 Å². The average Bonchev–Trinajstić information content (AvgIpc) is 3.11. The van der Waals surface area contributed by atoms with E-state index in [1.54, 1.807) is 12.1 Å². The van der Waals surface area contributed by atoms with Gasteiger partial charge in [-0.3, -0.25) is 10.1 Å². The molecule has 0 radical (unpaired) electrons. The molecule has 0 bridgehead atoms. The molecule has 0 unspecified atom stereocenters. The fourth-order valence-corrected chi connectivity index (χ4v) is 2.89. The van der Waals surface area contributed by atoms with Crippen molar-refractivity contribution in [2.45, 2.75) is 24.1 Å². The van der Waals surface area contributed by atoms with E-state index in [9.17, 15) is 10.1 Å². The number of nitro groups is 1. The molecule has 1 aliphatic carbocycles. The van der Waals surface area contributed by atoms with Crippen molar-refractivity contribution in [2.24, 2.45) is 0 Å². The van der Waals surface area contributed by atoms with Crippen LogP contribution >= 0.6 is 23.4 Å². The quantitative estimate of drug-likeness (QED) is 0.644. The van der Waals surface area contributed by atoms with Crippen LogP contribution in [0.4, 0.5) is 5.69 Å². The molecule has 1 aromatic carbocycles. The molecular weight excluding hydrogens is 272 g/mol. The molecule has 1 aromatic rings. The number of nitro benzene ring substituents is 1. The molecule has 0 aliphatic heterocycles. The van der Waals surface area contributed by atoms with Gasteiger partial charge in [0, 0.05) is 23.9 Å². The highest BCUT2D eigenvalue weighted by Gasteiger charge is 2.41. The van der Waals surface area contributed by atoms with E-state index < -0.39 is 0 Å². The average molecular weight is 287 g/mol. The molecule has 98 valence electrons. The summed E-state index contributed by atoms with van der Waals surface area (Å²) >= 11 is 7.88. The van der Waals surface area contributed by atoms with Gasteiger partial charge in [0.05, 0.1) is 15.5 Å². The Balaban J connectivity index is 2.02. The van der Waals surface area contributed by atoms with E-state index in [1.165, 1.54) is 18.9 Å².